The molecule has 0 aromatic carbocycles. The zero-order chi connectivity index (χ0) is 16.8. The fourth-order valence-corrected chi connectivity index (χ4v) is 1.75. The number of amides is 1. The molecule has 0 saturated heterocycles. The Bertz CT molecular complexity index is 558. The number of carbonyl (C=O) groups excluding carboxylic acids is 3. The first-order valence-corrected chi connectivity index (χ1v) is 6.75. The normalized spacial score (nSPS) is 12.9. The predicted octanol–water partition coefficient (Wildman–Crippen LogP) is 0.417. The van der Waals surface area contributed by atoms with Crippen LogP contribution in [0.3, 0.4) is 0 Å². The highest BCUT2D eigenvalue weighted by Crippen LogP contribution is 2.18. The van der Waals surface area contributed by atoms with Crippen LogP contribution >= 0.6 is 0 Å². The van der Waals surface area contributed by atoms with Gasteiger partial charge in [0.25, 0.3) is 0 Å². The Balaban J connectivity index is 3.07. The summed E-state index contributed by atoms with van der Waals surface area (Å²) in [5.41, 5.74) is 3.97. The summed E-state index contributed by atoms with van der Waals surface area (Å²) in [5.74, 6) is -2.45. The van der Waals surface area contributed by atoms with Crippen LogP contribution in [-0.4, -0.2) is 35.0 Å². The molecular weight excluding hydrogens is 290 g/mol. The van der Waals surface area contributed by atoms with E-state index in [-0.39, 0.29) is 18.9 Å². The fourth-order valence-electron chi connectivity index (χ4n) is 1.75. The Labute approximate surface area is 128 Å². The maximum Gasteiger partial charge on any atom is 0.350 e. The van der Waals surface area contributed by atoms with Crippen LogP contribution in [0.2, 0.25) is 0 Å². The minimum absolute atomic E-state index is 0.0286. The van der Waals surface area contributed by atoms with Crippen LogP contribution < -0.4 is 15.8 Å². The number of nitrogens with zero attached hydrogens (tertiary/aromatic N) is 1. The van der Waals surface area contributed by atoms with E-state index in [4.69, 9.17) is 15.2 Å². The molecule has 1 heterocycles. The van der Waals surface area contributed by atoms with Gasteiger partial charge in [0, 0.05) is 13.0 Å². The lowest BCUT2D eigenvalue weighted by Crippen LogP contribution is -2.61. The number of hydrogen-bond acceptors (Lipinski definition) is 7. The zero-order valence-electron chi connectivity index (χ0n) is 12.7. The quantitative estimate of drug-likeness (QED) is 0.577. The Kier molecular flexibility index (Phi) is 5.85. The number of ether oxygens (including phenoxy) is 2. The van der Waals surface area contributed by atoms with Crippen molar-refractivity contribution >= 4 is 23.5 Å². The van der Waals surface area contributed by atoms with Crippen molar-refractivity contribution in [3.63, 3.8) is 0 Å². The number of hydrogen-bond donors (Lipinski definition) is 2. The van der Waals surface area contributed by atoms with Crippen molar-refractivity contribution in [2.45, 2.75) is 32.7 Å². The summed E-state index contributed by atoms with van der Waals surface area (Å²) in [4.78, 5) is 39.7. The fraction of sp³-hybridized carbons (Fsp3) is 0.429. The summed E-state index contributed by atoms with van der Waals surface area (Å²) in [6.07, 6.45) is 1.28. The Hall–Kier alpha value is -2.64. The number of rotatable bonds is 6. The van der Waals surface area contributed by atoms with Crippen LogP contribution in [0.15, 0.2) is 18.3 Å². The van der Waals surface area contributed by atoms with E-state index in [0.29, 0.717) is 5.69 Å². The molecule has 0 fully saturated rings. The highest BCUT2D eigenvalue weighted by Gasteiger charge is 2.49. The molecule has 0 radical (unpaired) electrons. The van der Waals surface area contributed by atoms with Crippen molar-refractivity contribution in [1.29, 1.82) is 0 Å². The number of anilines is 1. The second-order valence-corrected chi connectivity index (χ2v) is 4.48. The number of nitrogens with one attached hydrogen (secondary N) is 1. The van der Waals surface area contributed by atoms with Crippen molar-refractivity contribution in [1.82, 2.24) is 10.3 Å². The first-order valence-electron chi connectivity index (χ1n) is 6.75. The van der Waals surface area contributed by atoms with Gasteiger partial charge in [-0.2, -0.15) is 0 Å². The third kappa shape index (κ3) is 3.94. The lowest BCUT2D eigenvalue weighted by molar-refractivity contribution is -0.163. The van der Waals surface area contributed by atoms with Gasteiger partial charge in [0.1, 0.15) is 0 Å². The first kappa shape index (κ1) is 17.4. The maximum absolute atomic E-state index is 12.4. The van der Waals surface area contributed by atoms with Gasteiger partial charge in [0.05, 0.1) is 18.5 Å². The molecule has 1 aromatic heterocycles. The summed E-state index contributed by atoms with van der Waals surface area (Å²) in [7, 11) is 0. The molecule has 1 amide bonds. The lowest BCUT2D eigenvalue weighted by atomic mass is 9.96. The topological polar surface area (TPSA) is 121 Å². The molecular formula is C14H19N3O5. The zero-order valence-corrected chi connectivity index (χ0v) is 12.7. The highest BCUT2D eigenvalue weighted by atomic mass is 16.6. The van der Waals surface area contributed by atoms with E-state index in [1.807, 2.05) is 0 Å². The number of nitrogen functional groups attached to an aromatic ring is 1. The van der Waals surface area contributed by atoms with Crippen molar-refractivity contribution in [3.05, 3.63) is 18.3 Å². The van der Waals surface area contributed by atoms with E-state index < -0.39 is 23.4 Å². The van der Waals surface area contributed by atoms with Gasteiger partial charge in [0.2, 0.25) is 17.3 Å². The lowest BCUT2D eigenvalue weighted by Gasteiger charge is -2.28. The SMILES string of the molecule is CCOC(=O)C(CC)(NC(C)=O)C(=O)Oc1ccc(N)cn1. The Morgan fingerprint density at radius 3 is 2.41 bits per heavy atom. The molecule has 120 valence electrons. The summed E-state index contributed by atoms with van der Waals surface area (Å²) in [5, 5.41) is 2.32. The molecule has 8 nitrogen and oxygen atoms in total. The molecule has 0 aliphatic heterocycles. The van der Waals surface area contributed by atoms with Gasteiger partial charge in [0.15, 0.2) is 0 Å². The third-order valence-corrected chi connectivity index (χ3v) is 2.85. The molecule has 0 saturated carbocycles. The third-order valence-electron chi connectivity index (χ3n) is 2.85. The van der Waals surface area contributed by atoms with E-state index in [1.165, 1.54) is 25.3 Å². The van der Waals surface area contributed by atoms with Gasteiger partial charge in [-0.25, -0.2) is 14.6 Å². The molecule has 22 heavy (non-hydrogen) atoms. The summed E-state index contributed by atoms with van der Waals surface area (Å²) < 4.78 is 9.96. The molecule has 8 heteroatoms. The first-order chi connectivity index (χ1) is 10.4. The Morgan fingerprint density at radius 1 is 1.27 bits per heavy atom. The number of aromatic nitrogens is 1. The van der Waals surface area contributed by atoms with E-state index >= 15 is 0 Å². The molecule has 0 aliphatic carbocycles. The maximum atomic E-state index is 12.4. The molecule has 3 N–H and O–H groups in total. The Morgan fingerprint density at radius 2 is 1.95 bits per heavy atom. The highest BCUT2D eigenvalue weighted by molar-refractivity contribution is 6.08. The van der Waals surface area contributed by atoms with Crippen molar-refractivity contribution in [3.8, 4) is 5.88 Å². The van der Waals surface area contributed by atoms with E-state index in [9.17, 15) is 14.4 Å². The molecule has 0 spiro atoms. The van der Waals surface area contributed by atoms with Crippen LogP contribution in [0.25, 0.3) is 0 Å². The molecule has 1 atom stereocenters. The van der Waals surface area contributed by atoms with Crippen LogP contribution in [-0.2, 0) is 19.1 Å². The summed E-state index contributed by atoms with van der Waals surface area (Å²) in [6.45, 7) is 4.41. The van der Waals surface area contributed by atoms with Gasteiger partial charge >= 0.3 is 11.9 Å². The van der Waals surface area contributed by atoms with Crippen LogP contribution in [0.5, 0.6) is 5.88 Å². The molecule has 1 unspecified atom stereocenters. The smallest absolute Gasteiger partial charge is 0.350 e. The van der Waals surface area contributed by atoms with E-state index in [1.54, 1.807) is 13.8 Å². The average molecular weight is 309 g/mol. The summed E-state index contributed by atoms with van der Waals surface area (Å²) >= 11 is 0. The number of esters is 2. The minimum Gasteiger partial charge on any atom is -0.464 e. The van der Waals surface area contributed by atoms with Crippen LogP contribution in [0.4, 0.5) is 5.69 Å². The number of carbonyl (C=O) groups is 3. The van der Waals surface area contributed by atoms with Gasteiger partial charge < -0.3 is 20.5 Å². The van der Waals surface area contributed by atoms with Crippen LogP contribution in [0.1, 0.15) is 27.2 Å². The average Bonchev–Trinajstić information content (AvgIpc) is 2.47. The number of nitrogens with two attached hydrogens (primary N) is 1. The van der Waals surface area contributed by atoms with Crippen LogP contribution in [0, 0.1) is 0 Å². The molecule has 0 aliphatic rings. The minimum atomic E-state index is -1.91. The van der Waals surface area contributed by atoms with E-state index in [2.05, 4.69) is 10.3 Å². The van der Waals surface area contributed by atoms with Gasteiger partial charge in [-0.1, -0.05) is 6.92 Å². The molecule has 1 aromatic rings. The second kappa shape index (κ2) is 7.39. The molecule has 0 bridgehead atoms. The van der Waals surface area contributed by atoms with Gasteiger partial charge in [-0.05, 0) is 19.4 Å². The number of pyridine rings is 1. The van der Waals surface area contributed by atoms with E-state index in [0.717, 1.165) is 0 Å². The largest absolute Gasteiger partial charge is 0.464 e. The molecule has 1 rings (SSSR count). The standard InChI is InChI=1S/C14H19N3O5/c1-4-14(17-9(3)18,12(19)21-5-2)13(20)22-11-7-6-10(15)8-16-11/h6-8H,4-5,15H2,1-3H3,(H,17,18). The van der Waals surface area contributed by atoms with Crippen molar-refractivity contribution < 1.29 is 23.9 Å². The van der Waals surface area contributed by atoms with Gasteiger partial charge in [-0.15, -0.1) is 0 Å². The second-order valence-electron chi connectivity index (χ2n) is 4.48. The van der Waals surface area contributed by atoms with Crippen molar-refractivity contribution in [2.24, 2.45) is 0 Å². The van der Waals surface area contributed by atoms with Gasteiger partial charge in [-0.3, -0.25) is 4.79 Å². The van der Waals surface area contributed by atoms with Crippen molar-refractivity contribution in [2.75, 3.05) is 12.3 Å². The predicted molar refractivity (Wildman–Crippen MR) is 77.8 cm³/mol. The monoisotopic (exact) mass is 309 g/mol. The summed E-state index contributed by atoms with van der Waals surface area (Å²) in [6, 6.07) is 2.87.